The third kappa shape index (κ3) is 4.90. The highest BCUT2D eigenvalue weighted by Crippen LogP contribution is 2.16. The fraction of sp³-hybridized carbons (Fsp3) is 0.188. The van der Waals surface area contributed by atoms with E-state index in [9.17, 15) is 9.18 Å². The molecule has 5 nitrogen and oxygen atoms in total. The Morgan fingerprint density at radius 1 is 1.29 bits per heavy atom. The number of halogens is 1. The van der Waals surface area contributed by atoms with Gasteiger partial charge < -0.3 is 5.32 Å². The van der Waals surface area contributed by atoms with E-state index in [1.807, 2.05) is 17.5 Å². The van der Waals surface area contributed by atoms with Gasteiger partial charge in [0.05, 0.1) is 5.75 Å². The molecule has 24 heavy (non-hydrogen) atoms. The largest absolute Gasteiger partial charge is 0.351 e. The van der Waals surface area contributed by atoms with E-state index in [1.165, 1.54) is 28.8 Å². The number of hydrogen-bond acceptors (Lipinski definition) is 5. The van der Waals surface area contributed by atoms with Crippen LogP contribution in [-0.2, 0) is 17.8 Å². The average molecular weight is 362 g/mol. The molecule has 0 bridgehead atoms. The van der Waals surface area contributed by atoms with Crippen LogP contribution in [0.5, 0.6) is 0 Å². The fourth-order valence-electron chi connectivity index (χ4n) is 1.98. The topological polar surface area (TPSA) is 70.7 Å². The smallest absolute Gasteiger partial charge is 0.230 e. The Hall–Kier alpha value is -2.19. The van der Waals surface area contributed by atoms with Gasteiger partial charge in [0.2, 0.25) is 11.1 Å². The summed E-state index contributed by atoms with van der Waals surface area (Å²) in [5.74, 6) is 0.613. The number of benzene rings is 1. The van der Waals surface area contributed by atoms with Crippen LogP contribution in [0.1, 0.15) is 16.3 Å². The minimum Gasteiger partial charge on any atom is -0.351 e. The van der Waals surface area contributed by atoms with Crippen LogP contribution in [-0.4, -0.2) is 26.8 Å². The SMILES string of the molecule is O=C(CSc1n[nH]c(Cc2cccs2)n1)NCc1ccc(F)cc1. The molecular weight excluding hydrogens is 347 g/mol. The van der Waals surface area contributed by atoms with Crippen molar-refractivity contribution in [2.75, 3.05) is 5.75 Å². The summed E-state index contributed by atoms with van der Waals surface area (Å²) in [6, 6.07) is 10.1. The average Bonchev–Trinajstić information content (AvgIpc) is 3.25. The van der Waals surface area contributed by atoms with Crippen molar-refractivity contribution in [2.24, 2.45) is 0 Å². The predicted octanol–water partition coefficient (Wildman–Crippen LogP) is 3.00. The summed E-state index contributed by atoms with van der Waals surface area (Å²) in [5.41, 5.74) is 0.853. The van der Waals surface area contributed by atoms with E-state index in [0.717, 1.165) is 11.4 Å². The molecule has 0 saturated heterocycles. The number of thiophene rings is 1. The molecule has 0 aliphatic rings. The van der Waals surface area contributed by atoms with Crippen molar-refractivity contribution >= 4 is 29.0 Å². The van der Waals surface area contributed by atoms with Crippen LogP contribution in [0.2, 0.25) is 0 Å². The first kappa shape index (κ1) is 16.7. The normalized spacial score (nSPS) is 10.7. The number of thioether (sulfide) groups is 1. The summed E-state index contributed by atoms with van der Waals surface area (Å²) in [7, 11) is 0. The van der Waals surface area contributed by atoms with Gasteiger partial charge in [-0.3, -0.25) is 9.89 Å². The molecule has 3 rings (SSSR count). The summed E-state index contributed by atoms with van der Waals surface area (Å²) >= 11 is 2.95. The first-order valence-electron chi connectivity index (χ1n) is 7.26. The maximum atomic E-state index is 12.8. The quantitative estimate of drug-likeness (QED) is 0.634. The van der Waals surface area contributed by atoms with Crippen molar-refractivity contribution < 1.29 is 9.18 Å². The van der Waals surface area contributed by atoms with Crippen molar-refractivity contribution in [1.82, 2.24) is 20.5 Å². The van der Waals surface area contributed by atoms with Crippen LogP contribution in [0.25, 0.3) is 0 Å². The number of hydrogen-bond donors (Lipinski definition) is 2. The number of nitrogens with zero attached hydrogens (tertiary/aromatic N) is 2. The van der Waals surface area contributed by atoms with E-state index in [0.29, 0.717) is 18.1 Å². The standard InChI is InChI=1S/C16H15FN4OS2/c17-12-5-3-11(4-6-12)9-18-15(22)10-24-16-19-14(20-21-16)8-13-2-1-7-23-13/h1-7H,8-10H2,(H,18,22)(H,19,20,21). The van der Waals surface area contributed by atoms with Gasteiger partial charge in [-0.2, -0.15) is 0 Å². The van der Waals surface area contributed by atoms with Crippen LogP contribution in [0.15, 0.2) is 46.9 Å². The number of amides is 1. The molecule has 0 aliphatic carbocycles. The third-order valence-corrected chi connectivity index (χ3v) is 4.89. The maximum absolute atomic E-state index is 12.8. The second kappa shape index (κ2) is 8.07. The lowest BCUT2D eigenvalue weighted by Crippen LogP contribution is -2.24. The minimum atomic E-state index is -0.288. The van der Waals surface area contributed by atoms with Gasteiger partial charge in [0.25, 0.3) is 0 Å². The van der Waals surface area contributed by atoms with Crippen LogP contribution < -0.4 is 5.32 Å². The van der Waals surface area contributed by atoms with Gasteiger partial charge in [0.15, 0.2) is 0 Å². The second-order valence-corrected chi connectivity index (χ2v) is 6.99. The molecule has 0 aliphatic heterocycles. The van der Waals surface area contributed by atoms with Crippen molar-refractivity contribution in [2.45, 2.75) is 18.1 Å². The van der Waals surface area contributed by atoms with Gasteiger partial charge in [-0.25, -0.2) is 9.37 Å². The number of carbonyl (C=O) groups is 1. The summed E-state index contributed by atoms with van der Waals surface area (Å²) in [5, 5.41) is 12.4. The van der Waals surface area contributed by atoms with Crippen molar-refractivity contribution in [3.63, 3.8) is 0 Å². The van der Waals surface area contributed by atoms with Gasteiger partial charge in [-0.15, -0.1) is 16.4 Å². The molecular formula is C16H15FN4OS2. The van der Waals surface area contributed by atoms with E-state index in [4.69, 9.17) is 0 Å². The number of nitrogens with one attached hydrogen (secondary N) is 2. The number of aromatic nitrogens is 3. The molecule has 0 fully saturated rings. The Labute approximate surface area is 146 Å². The van der Waals surface area contributed by atoms with E-state index in [2.05, 4.69) is 20.5 Å². The van der Waals surface area contributed by atoms with E-state index >= 15 is 0 Å². The minimum absolute atomic E-state index is 0.117. The first-order chi connectivity index (χ1) is 11.7. The molecule has 3 aromatic rings. The number of aromatic amines is 1. The van der Waals surface area contributed by atoms with Gasteiger partial charge in [-0.1, -0.05) is 30.0 Å². The third-order valence-electron chi connectivity index (χ3n) is 3.17. The van der Waals surface area contributed by atoms with Crippen molar-refractivity contribution in [3.05, 3.63) is 63.9 Å². The van der Waals surface area contributed by atoms with Crippen LogP contribution in [0, 0.1) is 5.82 Å². The highest BCUT2D eigenvalue weighted by Gasteiger charge is 2.08. The van der Waals surface area contributed by atoms with E-state index < -0.39 is 0 Å². The van der Waals surface area contributed by atoms with Crippen molar-refractivity contribution in [3.8, 4) is 0 Å². The van der Waals surface area contributed by atoms with Gasteiger partial charge >= 0.3 is 0 Å². The molecule has 1 aromatic carbocycles. The Bertz CT molecular complexity index is 787. The zero-order valence-electron chi connectivity index (χ0n) is 12.7. The predicted molar refractivity (Wildman–Crippen MR) is 92.5 cm³/mol. The van der Waals surface area contributed by atoms with Crippen LogP contribution in [0.3, 0.4) is 0 Å². The lowest BCUT2D eigenvalue weighted by Gasteiger charge is -2.04. The molecule has 124 valence electrons. The Kier molecular flexibility index (Phi) is 5.60. The monoisotopic (exact) mass is 362 g/mol. The van der Waals surface area contributed by atoms with Crippen molar-refractivity contribution in [1.29, 1.82) is 0 Å². The highest BCUT2D eigenvalue weighted by atomic mass is 32.2. The summed E-state index contributed by atoms with van der Waals surface area (Å²) in [4.78, 5) is 17.4. The molecule has 8 heteroatoms. The molecule has 0 unspecified atom stereocenters. The molecule has 0 saturated carbocycles. The van der Waals surface area contributed by atoms with E-state index in [1.54, 1.807) is 23.5 Å². The second-order valence-electron chi connectivity index (χ2n) is 5.01. The Morgan fingerprint density at radius 3 is 2.88 bits per heavy atom. The molecule has 0 spiro atoms. The number of H-pyrrole nitrogens is 1. The zero-order valence-corrected chi connectivity index (χ0v) is 14.3. The summed E-state index contributed by atoms with van der Waals surface area (Å²) in [6.07, 6.45) is 0.710. The highest BCUT2D eigenvalue weighted by molar-refractivity contribution is 7.99. The molecule has 1 amide bonds. The lowest BCUT2D eigenvalue weighted by atomic mass is 10.2. The maximum Gasteiger partial charge on any atom is 0.230 e. The summed E-state index contributed by atoms with van der Waals surface area (Å²) < 4.78 is 12.8. The molecule has 0 atom stereocenters. The summed E-state index contributed by atoms with van der Waals surface area (Å²) in [6.45, 7) is 0.372. The fourth-order valence-corrected chi connectivity index (χ4v) is 3.34. The molecule has 2 N–H and O–H groups in total. The van der Waals surface area contributed by atoms with Crippen LogP contribution in [0.4, 0.5) is 4.39 Å². The number of rotatable bonds is 7. The first-order valence-corrected chi connectivity index (χ1v) is 9.13. The van der Waals surface area contributed by atoms with Gasteiger partial charge in [0.1, 0.15) is 11.6 Å². The molecule has 2 heterocycles. The molecule has 2 aromatic heterocycles. The Morgan fingerprint density at radius 2 is 2.12 bits per heavy atom. The van der Waals surface area contributed by atoms with Crippen LogP contribution >= 0.6 is 23.1 Å². The zero-order chi connectivity index (χ0) is 16.8. The molecule has 0 radical (unpaired) electrons. The lowest BCUT2D eigenvalue weighted by molar-refractivity contribution is -0.118. The van der Waals surface area contributed by atoms with Gasteiger partial charge in [0, 0.05) is 17.8 Å². The van der Waals surface area contributed by atoms with E-state index in [-0.39, 0.29) is 17.5 Å². The van der Waals surface area contributed by atoms with Gasteiger partial charge in [-0.05, 0) is 29.1 Å². The Balaban J connectivity index is 1.42. The number of carbonyl (C=O) groups excluding carboxylic acids is 1.